The Hall–Kier alpha value is -3.18. The van der Waals surface area contributed by atoms with Crippen LogP contribution in [0.1, 0.15) is 63.8 Å². The van der Waals surface area contributed by atoms with Gasteiger partial charge < -0.3 is 17.6 Å². The average Bonchev–Trinajstić information content (AvgIpc) is 2.93. The van der Waals surface area contributed by atoms with Gasteiger partial charge in [-0.3, -0.25) is 9.98 Å². The van der Waals surface area contributed by atoms with E-state index in [0.29, 0.717) is 11.5 Å². The Kier molecular flexibility index (Phi) is 14.8. The maximum absolute atomic E-state index is 10.3. The molecular weight excluding hydrogens is 564 g/mol. The minimum absolute atomic E-state index is 0. The summed E-state index contributed by atoms with van der Waals surface area (Å²) in [4.78, 5) is 8.75. The van der Waals surface area contributed by atoms with Gasteiger partial charge in [-0.2, -0.15) is 0 Å². The van der Waals surface area contributed by atoms with Gasteiger partial charge in [-0.1, -0.05) is 102 Å². The molecule has 0 saturated heterocycles. The first-order chi connectivity index (χ1) is 19.0. The Balaban J connectivity index is 0.000000378. The van der Waals surface area contributed by atoms with Crippen molar-refractivity contribution in [3.05, 3.63) is 127 Å². The molecule has 0 fully saturated rings. The van der Waals surface area contributed by atoms with Gasteiger partial charge in [0.05, 0.1) is 11.4 Å². The molecule has 0 aliphatic carbocycles. The normalized spacial score (nSPS) is 11.2. The molecular formula is C35H41ClN2O2Ti. The van der Waals surface area contributed by atoms with Crippen LogP contribution in [0.2, 0.25) is 0 Å². The number of aliphatic imine (C=N–C) groups is 2. The molecule has 0 bridgehead atoms. The van der Waals surface area contributed by atoms with E-state index in [2.05, 4.69) is 60.8 Å². The molecule has 0 unspecified atom stereocenters. The number of hydrogen-bond donors (Lipinski definition) is 2. The summed E-state index contributed by atoms with van der Waals surface area (Å²) >= 11 is 1.47. The van der Waals surface area contributed by atoms with Gasteiger partial charge in [0.1, 0.15) is 11.5 Å². The van der Waals surface area contributed by atoms with Crippen LogP contribution in [0.4, 0.5) is 11.4 Å². The summed E-state index contributed by atoms with van der Waals surface area (Å²) in [6, 6.07) is 31.0. The fourth-order valence-corrected chi connectivity index (χ4v) is 3.86. The number of aromatic hydroxyl groups is 2. The second-order valence-electron chi connectivity index (χ2n) is 11.2. The monoisotopic (exact) mass is 604 g/mol. The molecule has 0 heterocycles. The van der Waals surface area contributed by atoms with Crippen LogP contribution < -0.4 is 0 Å². The van der Waals surface area contributed by atoms with Crippen LogP contribution in [0, 0.1) is 7.43 Å². The summed E-state index contributed by atoms with van der Waals surface area (Å²) in [5.74, 6) is 0.629. The summed E-state index contributed by atoms with van der Waals surface area (Å²) in [6.07, 6.45) is 3.42. The van der Waals surface area contributed by atoms with E-state index in [4.69, 9.17) is 0 Å². The summed E-state index contributed by atoms with van der Waals surface area (Å²) in [5.41, 5.74) is 4.95. The molecule has 41 heavy (non-hydrogen) atoms. The number of nitrogens with zero attached hydrogens (tertiary/aromatic N) is 2. The molecule has 0 amide bonds. The number of halogens is 1. The Morgan fingerprint density at radius 1 is 0.537 bits per heavy atom. The predicted octanol–water partition coefficient (Wildman–Crippen LogP) is 10.0. The van der Waals surface area contributed by atoms with Gasteiger partial charge in [0, 0.05) is 23.6 Å². The van der Waals surface area contributed by atoms with Gasteiger partial charge in [0.15, 0.2) is 0 Å². The fraction of sp³-hybridized carbons (Fsp3) is 0.229. The Bertz CT molecular complexity index is 1280. The van der Waals surface area contributed by atoms with Crippen molar-refractivity contribution in [1.29, 1.82) is 0 Å². The van der Waals surface area contributed by atoms with E-state index < -0.39 is 0 Å². The van der Waals surface area contributed by atoms with Crippen LogP contribution in [-0.2, 0) is 30.2 Å². The summed E-state index contributed by atoms with van der Waals surface area (Å²) in [5, 5.41) is 20.6. The van der Waals surface area contributed by atoms with E-state index in [-0.39, 0.29) is 18.3 Å². The molecule has 0 radical (unpaired) electrons. The summed E-state index contributed by atoms with van der Waals surface area (Å²) in [6.45, 7) is 12.5. The predicted molar refractivity (Wildman–Crippen MR) is 173 cm³/mol. The zero-order chi connectivity index (χ0) is 29.8. The SMILES string of the molecule is CC(C)(C)c1cccc(C=Nc2ccccc2)c1O.CC(C)(C)c1cccc(C=Nc2ccccc2)c1O.[CH3-].[Cl][Ti+]. The zero-order valence-electron chi connectivity index (χ0n) is 25.1. The number of hydrogen-bond acceptors (Lipinski definition) is 4. The van der Waals surface area contributed by atoms with Crippen LogP contribution in [0.25, 0.3) is 0 Å². The van der Waals surface area contributed by atoms with Crippen molar-refractivity contribution >= 4 is 33.1 Å². The third kappa shape index (κ3) is 11.3. The van der Waals surface area contributed by atoms with E-state index in [1.54, 1.807) is 12.4 Å². The molecule has 4 aromatic carbocycles. The number of para-hydroxylation sites is 4. The third-order valence-corrected chi connectivity index (χ3v) is 5.97. The van der Waals surface area contributed by atoms with E-state index in [1.165, 1.54) is 19.4 Å². The Labute approximate surface area is 262 Å². The van der Waals surface area contributed by atoms with Crippen molar-refractivity contribution < 1.29 is 29.6 Å². The second kappa shape index (κ2) is 16.9. The molecule has 6 heteroatoms. The van der Waals surface area contributed by atoms with Crippen molar-refractivity contribution in [3.8, 4) is 11.5 Å². The molecule has 4 nitrogen and oxygen atoms in total. The molecule has 4 aromatic rings. The standard InChI is InChI=1S/2C17H19NO.CH3.ClH.Ti/c2*1-17(2,3)15-11-7-8-13(16(15)19)12-18-14-9-5-4-6-10-14;;;/h2*4-12,19H,1-3H3;1H3;1H;/q;;-1;;+2/p-1. The van der Waals surface area contributed by atoms with Crippen LogP contribution in [0.3, 0.4) is 0 Å². The van der Waals surface area contributed by atoms with E-state index >= 15 is 0 Å². The van der Waals surface area contributed by atoms with Gasteiger partial charge in [-0.05, 0) is 58.4 Å². The first kappa shape index (κ1) is 35.9. The number of rotatable bonds is 4. The van der Waals surface area contributed by atoms with E-state index in [9.17, 15) is 10.2 Å². The molecule has 214 valence electrons. The molecule has 2 N–H and O–H groups in total. The number of phenols is 2. The fourth-order valence-electron chi connectivity index (χ4n) is 3.86. The van der Waals surface area contributed by atoms with Crippen molar-refractivity contribution in [2.24, 2.45) is 9.98 Å². The molecule has 0 aliphatic heterocycles. The van der Waals surface area contributed by atoms with Crippen LogP contribution in [0.5, 0.6) is 11.5 Å². The Morgan fingerprint density at radius 3 is 1.15 bits per heavy atom. The van der Waals surface area contributed by atoms with E-state index in [0.717, 1.165) is 33.6 Å². The summed E-state index contributed by atoms with van der Waals surface area (Å²) in [7, 11) is 4.64. The summed E-state index contributed by atoms with van der Waals surface area (Å²) < 4.78 is 0. The van der Waals surface area contributed by atoms with E-state index in [1.807, 2.05) is 97.1 Å². The van der Waals surface area contributed by atoms with Gasteiger partial charge in [-0.15, -0.1) is 0 Å². The minimum atomic E-state index is -0.0827. The van der Waals surface area contributed by atoms with Crippen molar-refractivity contribution in [1.82, 2.24) is 0 Å². The molecule has 0 atom stereocenters. The molecule has 0 spiro atoms. The molecule has 0 aromatic heterocycles. The molecule has 0 aliphatic rings. The quantitative estimate of drug-likeness (QED) is 0.138. The Morgan fingerprint density at radius 2 is 0.854 bits per heavy atom. The van der Waals surface area contributed by atoms with Crippen LogP contribution in [-0.4, -0.2) is 22.6 Å². The topological polar surface area (TPSA) is 65.2 Å². The number of phenolic OH excluding ortho intramolecular Hbond substituents is 2. The maximum atomic E-state index is 10.3. The second-order valence-corrected chi connectivity index (χ2v) is 11.2. The van der Waals surface area contributed by atoms with Gasteiger partial charge in [0.25, 0.3) is 0 Å². The van der Waals surface area contributed by atoms with Crippen LogP contribution >= 0.6 is 9.30 Å². The van der Waals surface area contributed by atoms with Crippen LogP contribution in [0.15, 0.2) is 107 Å². The number of benzene rings is 4. The van der Waals surface area contributed by atoms with Gasteiger partial charge in [-0.25, -0.2) is 0 Å². The van der Waals surface area contributed by atoms with Crippen molar-refractivity contribution in [2.75, 3.05) is 0 Å². The van der Waals surface area contributed by atoms with Gasteiger partial charge >= 0.3 is 28.7 Å². The van der Waals surface area contributed by atoms with Gasteiger partial charge in [0.2, 0.25) is 0 Å². The zero-order valence-corrected chi connectivity index (χ0v) is 27.4. The molecule has 0 saturated carbocycles. The molecule has 4 rings (SSSR count). The van der Waals surface area contributed by atoms with Crippen molar-refractivity contribution in [2.45, 2.75) is 52.4 Å². The average molecular weight is 605 g/mol. The van der Waals surface area contributed by atoms with Crippen molar-refractivity contribution in [3.63, 3.8) is 0 Å². The first-order valence-electron chi connectivity index (χ1n) is 13.0. The third-order valence-electron chi connectivity index (χ3n) is 5.97. The first-order valence-corrected chi connectivity index (χ1v) is 15.1.